The molecule has 0 aromatic rings. The Labute approximate surface area is 122 Å². The summed E-state index contributed by atoms with van der Waals surface area (Å²) < 4.78 is 0. The zero-order valence-corrected chi connectivity index (χ0v) is 13.1. The molecule has 1 N–H and O–H groups in total. The van der Waals surface area contributed by atoms with E-state index in [1.54, 1.807) is 0 Å². The van der Waals surface area contributed by atoms with Crippen molar-refractivity contribution in [2.45, 2.75) is 71.4 Å². The Morgan fingerprint density at radius 3 is 2.75 bits per heavy atom. The predicted molar refractivity (Wildman–Crippen MR) is 80.1 cm³/mol. The molecule has 0 amide bonds. The van der Waals surface area contributed by atoms with E-state index >= 15 is 0 Å². The van der Waals surface area contributed by atoms with Crippen LogP contribution in [0.25, 0.3) is 0 Å². The Balaban J connectivity index is 1.64. The van der Waals surface area contributed by atoms with Crippen LogP contribution < -0.4 is 0 Å². The predicted octanol–water partition coefficient (Wildman–Crippen LogP) is 3.52. The molecule has 4 bridgehead atoms. The zero-order chi connectivity index (χ0) is 14.1. The molecule has 4 aliphatic rings. The first-order valence-corrected chi connectivity index (χ1v) is 8.38. The first-order chi connectivity index (χ1) is 9.41. The van der Waals surface area contributed by atoms with Gasteiger partial charge < -0.3 is 5.21 Å². The van der Waals surface area contributed by atoms with Crippen LogP contribution in [0.1, 0.15) is 59.3 Å². The van der Waals surface area contributed by atoms with Crippen LogP contribution >= 0.6 is 0 Å². The average molecular weight is 276 g/mol. The standard InChI is InChI=1S/C17H28N2O/c1-16(2)7-13-8-17(3,9-16)10-19(13)15-12-5-4-11(6-12)14(15)18-20/h11-13,15,20H,4-10H2,1-3H3/b18-14-/t11-,12-,13-,15+,17+/m0/s1. The highest BCUT2D eigenvalue weighted by atomic mass is 16.4. The van der Waals surface area contributed by atoms with Crippen LogP contribution in [0, 0.1) is 22.7 Å². The Hall–Kier alpha value is -0.570. The van der Waals surface area contributed by atoms with Crippen molar-refractivity contribution in [2.24, 2.45) is 27.8 Å². The van der Waals surface area contributed by atoms with E-state index in [-0.39, 0.29) is 0 Å². The minimum Gasteiger partial charge on any atom is -0.411 e. The fourth-order valence-electron chi connectivity index (χ4n) is 6.47. The highest BCUT2D eigenvalue weighted by Crippen LogP contribution is 2.56. The third-order valence-corrected chi connectivity index (χ3v) is 6.57. The van der Waals surface area contributed by atoms with Crippen molar-refractivity contribution in [3.63, 3.8) is 0 Å². The lowest BCUT2D eigenvalue weighted by Crippen LogP contribution is -2.47. The van der Waals surface area contributed by atoms with E-state index in [4.69, 9.17) is 0 Å². The minimum absolute atomic E-state index is 0.458. The number of rotatable bonds is 1. The van der Waals surface area contributed by atoms with Crippen LogP contribution in [0.4, 0.5) is 0 Å². The van der Waals surface area contributed by atoms with Gasteiger partial charge in [0.1, 0.15) is 0 Å². The third-order valence-electron chi connectivity index (χ3n) is 6.57. The van der Waals surface area contributed by atoms with Crippen LogP contribution in [0.15, 0.2) is 5.16 Å². The first-order valence-electron chi connectivity index (χ1n) is 8.38. The van der Waals surface area contributed by atoms with Crippen LogP contribution in [0.3, 0.4) is 0 Å². The van der Waals surface area contributed by atoms with Gasteiger partial charge in [0.2, 0.25) is 0 Å². The molecule has 20 heavy (non-hydrogen) atoms. The molecule has 3 aliphatic carbocycles. The highest BCUT2D eigenvalue weighted by Gasteiger charge is 2.56. The van der Waals surface area contributed by atoms with Crippen LogP contribution in [0.5, 0.6) is 0 Å². The summed E-state index contributed by atoms with van der Waals surface area (Å²) in [5, 5.41) is 13.2. The summed E-state index contributed by atoms with van der Waals surface area (Å²) in [7, 11) is 0. The van der Waals surface area contributed by atoms with Crippen molar-refractivity contribution in [3.8, 4) is 0 Å². The molecule has 1 saturated heterocycles. The molecule has 1 aliphatic heterocycles. The monoisotopic (exact) mass is 276 g/mol. The van der Waals surface area contributed by atoms with Gasteiger partial charge in [-0.25, -0.2) is 0 Å². The molecule has 0 spiro atoms. The summed E-state index contributed by atoms with van der Waals surface area (Å²) in [5.74, 6) is 1.34. The van der Waals surface area contributed by atoms with Gasteiger partial charge in [-0.2, -0.15) is 0 Å². The van der Waals surface area contributed by atoms with Gasteiger partial charge in [-0.05, 0) is 55.3 Å². The van der Waals surface area contributed by atoms with Gasteiger partial charge in [0.05, 0.1) is 11.8 Å². The summed E-state index contributed by atoms with van der Waals surface area (Å²) in [6, 6.07) is 1.17. The quantitative estimate of drug-likeness (QED) is 0.587. The molecular weight excluding hydrogens is 248 g/mol. The second kappa shape index (κ2) is 4.00. The second-order valence-electron chi connectivity index (χ2n) is 9.13. The molecular formula is C17H28N2O. The number of oxime groups is 1. The molecule has 0 radical (unpaired) electrons. The Morgan fingerprint density at radius 1 is 1.20 bits per heavy atom. The minimum atomic E-state index is 0.458. The molecule has 3 saturated carbocycles. The smallest absolute Gasteiger partial charge is 0.0775 e. The molecule has 4 rings (SSSR count). The summed E-state index contributed by atoms with van der Waals surface area (Å²) in [6.07, 6.45) is 7.88. The van der Waals surface area contributed by atoms with Gasteiger partial charge in [-0.15, -0.1) is 0 Å². The van der Waals surface area contributed by atoms with Crippen LogP contribution in [-0.2, 0) is 0 Å². The fraction of sp³-hybridized carbons (Fsp3) is 0.941. The van der Waals surface area contributed by atoms with Crippen molar-refractivity contribution < 1.29 is 5.21 Å². The molecule has 0 aromatic heterocycles. The summed E-state index contributed by atoms with van der Waals surface area (Å²) >= 11 is 0. The van der Waals surface area contributed by atoms with Gasteiger partial charge in [0, 0.05) is 18.5 Å². The molecule has 3 nitrogen and oxygen atoms in total. The van der Waals surface area contributed by atoms with E-state index in [1.165, 1.54) is 45.1 Å². The number of fused-ring (bicyclic) bond motifs is 4. The van der Waals surface area contributed by atoms with E-state index in [1.807, 2.05) is 0 Å². The molecule has 3 heteroatoms. The van der Waals surface area contributed by atoms with Gasteiger partial charge in [-0.1, -0.05) is 25.9 Å². The van der Waals surface area contributed by atoms with Crippen molar-refractivity contribution in [3.05, 3.63) is 0 Å². The lowest BCUT2D eigenvalue weighted by Gasteiger charge is -2.41. The van der Waals surface area contributed by atoms with Gasteiger partial charge >= 0.3 is 0 Å². The van der Waals surface area contributed by atoms with E-state index in [2.05, 4.69) is 30.8 Å². The van der Waals surface area contributed by atoms with Gasteiger partial charge in [-0.3, -0.25) is 4.90 Å². The van der Waals surface area contributed by atoms with Crippen LogP contribution in [0.2, 0.25) is 0 Å². The van der Waals surface area contributed by atoms with Crippen molar-refractivity contribution in [1.82, 2.24) is 4.90 Å². The molecule has 1 heterocycles. The lowest BCUT2D eigenvalue weighted by atomic mass is 9.65. The highest BCUT2D eigenvalue weighted by molar-refractivity contribution is 5.94. The first kappa shape index (κ1) is 13.1. The van der Waals surface area contributed by atoms with Crippen molar-refractivity contribution >= 4 is 5.71 Å². The molecule has 4 fully saturated rings. The topological polar surface area (TPSA) is 35.8 Å². The Bertz CT molecular complexity index is 458. The van der Waals surface area contributed by atoms with Crippen molar-refractivity contribution in [1.29, 1.82) is 0 Å². The summed E-state index contributed by atoms with van der Waals surface area (Å²) in [6.45, 7) is 8.56. The van der Waals surface area contributed by atoms with Crippen molar-refractivity contribution in [2.75, 3.05) is 6.54 Å². The molecule has 5 atom stereocenters. The third kappa shape index (κ3) is 1.78. The van der Waals surface area contributed by atoms with Crippen LogP contribution in [-0.4, -0.2) is 34.4 Å². The largest absolute Gasteiger partial charge is 0.411 e. The van der Waals surface area contributed by atoms with Gasteiger partial charge in [0.15, 0.2) is 0 Å². The maximum absolute atomic E-state index is 9.49. The molecule has 0 unspecified atom stereocenters. The number of nitrogens with zero attached hydrogens (tertiary/aromatic N) is 2. The molecule has 112 valence electrons. The molecule has 0 aromatic carbocycles. The number of hydrogen-bond donors (Lipinski definition) is 1. The maximum Gasteiger partial charge on any atom is 0.0775 e. The average Bonchev–Trinajstić information content (AvgIpc) is 2.98. The number of hydrogen-bond acceptors (Lipinski definition) is 3. The lowest BCUT2D eigenvalue weighted by molar-refractivity contribution is 0.118. The van der Waals surface area contributed by atoms with Gasteiger partial charge in [0.25, 0.3) is 0 Å². The second-order valence-corrected chi connectivity index (χ2v) is 9.13. The Morgan fingerprint density at radius 2 is 2.00 bits per heavy atom. The maximum atomic E-state index is 9.49. The van der Waals surface area contributed by atoms with E-state index in [0.717, 1.165) is 11.6 Å². The zero-order valence-electron chi connectivity index (χ0n) is 13.1. The SMILES string of the molecule is CC1(C)C[C@H]2C[C@@](C)(CN2[C@H]2/C(=N\O)[C@H]3CC[C@H]2C3)C1. The fourth-order valence-corrected chi connectivity index (χ4v) is 6.47. The Kier molecular flexibility index (Phi) is 2.62. The summed E-state index contributed by atoms with van der Waals surface area (Å²) in [5.41, 5.74) is 2.07. The van der Waals surface area contributed by atoms with E-state index in [0.29, 0.717) is 28.8 Å². The van der Waals surface area contributed by atoms with E-state index in [9.17, 15) is 5.21 Å². The normalized spacial score (nSPS) is 52.0. The summed E-state index contributed by atoms with van der Waals surface area (Å²) in [4.78, 5) is 2.74. The number of likely N-dealkylation sites (tertiary alicyclic amines) is 1. The van der Waals surface area contributed by atoms with E-state index < -0.39 is 0 Å².